The summed E-state index contributed by atoms with van der Waals surface area (Å²) in [5, 5.41) is 11.0. The van der Waals surface area contributed by atoms with Crippen molar-refractivity contribution >= 4 is 5.96 Å². The van der Waals surface area contributed by atoms with Gasteiger partial charge < -0.3 is 10.6 Å². The lowest BCUT2D eigenvalue weighted by Crippen LogP contribution is -2.41. The van der Waals surface area contributed by atoms with Gasteiger partial charge in [-0.25, -0.2) is 4.99 Å². The molecule has 5 heteroatoms. The number of nitrogens with zero attached hydrogens (tertiary/aromatic N) is 3. The molecular formula is C18H27N5. The van der Waals surface area contributed by atoms with Crippen LogP contribution < -0.4 is 10.6 Å². The maximum atomic E-state index is 4.68. The number of rotatable bonds is 7. The number of hydrogen-bond donors (Lipinski definition) is 2. The van der Waals surface area contributed by atoms with Gasteiger partial charge in [0.2, 0.25) is 0 Å². The quantitative estimate of drug-likeness (QED) is 0.610. The summed E-state index contributed by atoms with van der Waals surface area (Å²) in [7, 11) is 0. The van der Waals surface area contributed by atoms with E-state index >= 15 is 0 Å². The summed E-state index contributed by atoms with van der Waals surface area (Å²) < 4.78 is 1.93. The molecule has 1 unspecified atom stereocenters. The van der Waals surface area contributed by atoms with E-state index < -0.39 is 0 Å². The van der Waals surface area contributed by atoms with E-state index in [-0.39, 0.29) is 0 Å². The van der Waals surface area contributed by atoms with E-state index in [0.717, 1.165) is 25.5 Å². The Bertz CT molecular complexity index is 604. The number of guanidine groups is 1. The van der Waals surface area contributed by atoms with Crippen LogP contribution in [-0.2, 0) is 13.1 Å². The van der Waals surface area contributed by atoms with Crippen molar-refractivity contribution in [2.24, 2.45) is 4.99 Å². The fraction of sp³-hybridized carbons (Fsp3) is 0.444. The van der Waals surface area contributed by atoms with Crippen LogP contribution in [0.4, 0.5) is 0 Å². The van der Waals surface area contributed by atoms with Crippen molar-refractivity contribution in [2.45, 2.75) is 46.3 Å². The van der Waals surface area contributed by atoms with E-state index in [1.54, 1.807) is 6.20 Å². The predicted molar refractivity (Wildman–Crippen MR) is 95.5 cm³/mol. The van der Waals surface area contributed by atoms with Gasteiger partial charge in [-0.2, -0.15) is 5.10 Å². The zero-order valence-electron chi connectivity index (χ0n) is 14.3. The minimum Gasteiger partial charge on any atom is -0.357 e. The molecule has 2 rings (SSSR count). The molecule has 0 aliphatic rings. The molecule has 2 N–H and O–H groups in total. The van der Waals surface area contributed by atoms with E-state index in [9.17, 15) is 0 Å². The van der Waals surface area contributed by atoms with Crippen molar-refractivity contribution in [1.29, 1.82) is 0 Å². The van der Waals surface area contributed by atoms with Crippen molar-refractivity contribution in [2.75, 3.05) is 6.54 Å². The third-order valence-electron chi connectivity index (χ3n) is 3.65. The van der Waals surface area contributed by atoms with Crippen molar-refractivity contribution in [3.63, 3.8) is 0 Å². The van der Waals surface area contributed by atoms with E-state index in [4.69, 9.17) is 0 Å². The maximum Gasteiger partial charge on any atom is 0.191 e. The Morgan fingerprint density at radius 2 is 2.09 bits per heavy atom. The molecule has 0 spiro atoms. The molecule has 1 aromatic heterocycles. The number of aliphatic imine (C=N–C) groups is 1. The van der Waals surface area contributed by atoms with Gasteiger partial charge in [-0.1, -0.05) is 31.2 Å². The minimum atomic E-state index is 0.416. The third-order valence-corrected chi connectivity index (χ3v) is 3.65. The first kappa shape index (κ1) is 17.1. The van der Waals surface area contributed by atoms with Crippen LogP contribution in [0.15, 0.2) is 47.7 Å². The largest absolute Gasteiger partial charge is 0.357 e. The maximum absolute atomic E-state index is 4.68. The average Bonchev–Trinajstić information content (AvgIpc) is 3.06. The minimum absolute atomic E-state index is 0.416. The van der Waals surface area contributed by atoms with Crippen LogP contribution >= 0.6 is 0 Å². The summed E-state index contributed by atoms with van der Waals surface area (Å²) in [6, 6.07) is 10.9. The normalized spacial score (nSPS) is 12.9. The van der Waals surface area contributed by atoms with Crippen LogP contribution in [0.5, 0.6) is 0 Å². The highest BCUT2D eigenvalue weighted by atomic mass is 15.3. The Morgan fingerprint density at radius 3 is 2.78 bits per heavy atom. The molecule has 1 aromatic carbocycles. The topological polar surface area (TPSA) is 54.2 Å². The van der Waals surface area contributed by atoms with Gasteiger partial charge in [0, 0.05) is 25.0 Å². The Labute approximate surface area is 138 Å². The van der Waals surface area contributed by atoms with Gasteiger partial charge in [0.25, 0.3) is 0 Å². The highest BCUT2D eigenvalue weighted by molar-refractivity contribution is 5.80. The zero-order valence-corrected chi connectivity index (χ0v) is 14.3. The Hall–Kier alpha value is -2.30. The first-order valence-electron chi connectivity index (χ1n) is 8.31. The lowest BCUT2D eigenvalue weighted by atomic mass is 10.1. The van der Waals surface area contributed by atoms with Crippen LogP contribution in [0.25, 0.3) is 0 Å². The van der Waals surface area contributed by atoms with Crippen LogP contribution in [0.2, 0.25) is 0 Å². The summed E-state index contributed by atoms with van der Waals surface area (Å²) in [6.07, 6.45) is 4.85. The van der Waals surface area contributed by atoms with Crippen molar-refractivity contribution in [1.82, 2.24) is 20.4 Å². The van der Waals surface area contributed by atoms with E-state index in [1.807, 2.05) is 16.9 Å². The predicted octanol–water partition coefficient (Wildman–Crippen LogP) is 2.79. The Morgan fingerprint density at radius 1 is 1.26 bits per heavy atom. The molecular weight excluding hydrogens is 286 g/mol. The molecule has 0 amide bonds. The van der Waals surface area contributed by atoms with Gasteiger partial charge in [0.15, 0.2) is 5.96 Å². The first-order valence-corrected chi connectivity index (χ1v) is 8.31. The summed E-state index contributed by atoms with van der Waals surface area (Å²) in [4.78, 5) is 4.68. The van der Waals surface area contributed by atoms with Crippen LogP contribution in [-0.4, -0.2) is 28.3 Å². The van der Waals surface area contributed by atoms with Gasteiger partial charge in [-0.05, 0) is 37.5 Å². The van der Waals surface area contributed by atoms with E-state index in [2.05, 4.69) is 65.8 Å². The van der Waals surface area contributed by atoms with Gasteiger partial charge in [0.1, 0.15) is 0 Å². The summed E-state index contributed by atoms with van der Waals surface area (Å²) >= 11 is 0. The van der Waals surface area contributed by atoms with Crippen molar-refractivity contribution < 1.29 is 0 Å². The SMILES string of the molecule is CCNC(=NCc1cccc(Cn2cccn2)c1)NC(C)CC. The Balaban J connectivity index is 2.01. The molecule has 23 heavy (non-hydrogen) atoms. The lowest BCUT2D eigenvalue weighted by Gasteiger charge is -2.16. The second-order valence-electron chi connectivity index (χ2n) is 5.67. The van der Waals surface area contributed by atoms with Crippen LogP contribution in [0.3, 0.4) is 0 Å². The van der Waals surface area contributed by atoms with Crippen LogP contribution in [0.1, 0.15) is 38.3 Å². The molecule has 0 aliphatic heterocycles. The average molecular weight is 313 g/mol. The van der Waals surface area contributed by atoms with Crippen LogP contribution in [0, 0.1) is 0 Å². The first-order chi connectivity index (χ1) is 11.2. The highest BCUT2D eigenvalue weighted by Gasteiger charge is 2.03. The number of aromatic nitrogens is 2. The van der Waals surface area contributed by atoms with E-state index in [0.29, 0.717) is 12.6 Å². The summed E-state index contributed by atoms with van der Waals surface area (Å²) in [5.41, 5.74) is 2.44. The number of nitrogens with one attached hydrogen (secondary N) is 2. The van der Waals surface area contributed by atoms with E-state index in [1.165, 1.54) is 11.1 Å². The highest BCUT2D eigenvalue weighted by Crippen LogP contribution is 2.08. The second kappa shape index (κ2) is 8.98. The molecule has 0 bridgehead atoms. The second-order valence-corrected chi connectivity index (χ2v) is 5.67. The molecule has 0 saturated carbocycles. The van der Waals surface area contributed by atoms with Gasteiger partial charge >= 0.3 is 0 Å². The molecule has 0 saturated heterocycles. The molecule has 0 fully saturated rings. The smallest absolute Gasteiger partial charge is 0.191 e. The summed E-state index contributed by atoms with van der Waals surface area (Å²) in [6.45, 7) is 8.73. The fourth-order valence-electron chi connectivity index (χ4n) is 2.23. The van der Waals surface area contributed by atoms with Gasteiger partial charge in [-0.15, -0.1) is 0 Å². The molecule has 5 nitrogen and oxygen atoms in total. The van der Waals surface area contributed by atoms with Crippen molar-refractivity contribution in [3.05, 3.63) is 53.9 Å². The zero-order chi connectivity index (χ0) is 16.5. The molecule has 0 aliphatic carbocycles. The lowest BCUT2D eigenvalue weighted by molar-refractivity contribution is 0.624. The third kappa shape index (κ3) is 5.77. The molecule has 0 radical (unpaired) electrons. The fourth-order valence-corrected chi connectivity index (χ4v) is 2.23. The molecule has 124 valence electrons. The van der Waals surface area contributed by atoms with Gasteiger partial charge in [-0.3, -0.25) is 4.68 Å². The summed E-state index contributed by atoms with van der Waals surface area (Å²) in [5.74, 6) is 0.874. The standard InChI is InChI=1S/C18H27N5/c1-4-15(3)22-18(19-5-2)20-13-16-8-6-9-17(12-16)14-23-11-7-10-21-23/h6-12,15H,4-5,13-14H2,1-3H3,(H2,19,20,22). The monoisotopic (exact) mass is 313 g/mol. The molecule has 1 heterocycles. The Kier molecular flexibility index (Phi) is 6.66. The molecule has 1 atom stereocenters. The number of hydrogen-bond acceptors (Lipinski definition) is 2. The van der Waals surface area contributed by atoms with Crippen molar-refractivity contribution in [3.8, 4) is 0 Å². The van der Waals surface area contributed by atoms with Gasteiger partial charge in [0.05, 0.1) is 13.1 Å². The molecule has 2 aromatic rings. The number of benzene rings is 1.